The molecule has 1 atom stereocenters. The van der Waals surface area contributed by atoms with E-state index in [0.29, 0.717) is 0 Å². The monoisotopic (exact) mass is 255 g/mol. The molecular weight excluding hydrogens is 238 g/mol. The van der Waals surface area contributed by atoms with Gasteiger partial charge in [0.1, 0.15) is 0 Å². The Labute approximate surface area is 94.8 Å². The van der Waals surface area contributed by atoms with Crippen LogP contribution in [-0.2, 0) is 0 Å². The second-order valence-electron chi connectivity index (χ2n) is 3.62. The van der Waals surface area contributed by atoms with Gasteiger partial charge in [0.25, 0.3) is 0 Å². The molecule has 0 bridgehead atoms. The average molecular weight is 256 g/mol. The van der Waals surface area contributed by atoms with Gasteiger partial charge in [-0.3, -0.25) is 0 Å². The van der Waals surface area contributed by atoms with Gasteiger partial charge < -0.3 is 5.73 Å². The average Bonchev–Trinajstić information content (AvgIpc) is 2.18. The fourth-order valence-electron chi connectivity index (χ4n) is 1.55. The number of benzene rings is 1. The summed E-state index contributed by atoms with van der Waals surface area (Å²) in [5.74, 6) is 0. The van der Waals surface area contributed by atoms with E-state index in [2.05, 4.69) is 35.0 Å². The first-order valence-electron chi connectivity index (χ1n) is 5.25. The lowest BCUT2D eigenvalue weighted by atomic mass is 10.0. The first kappa shape index (κ1) is 11.7. The highest BCUT2D eigenvalue weighted by Crippen LogP contribution is 2.24. The van der Waals surface area contributed by atoms with Gasteiger partial charge in [0.2, 0.25) is 0 Å². The zero-order chi connectivity index (χ0) is 10.4. The van der Waals surface area contributed by atoms with Gasteiger partial charge >= 0.3 is 0 Å². The highest BCUT2D eigenvalue weighted by atomic mass is 79.9. The lowest BCUT2D eigenvalue weighted by molar-refractivity contribution is 0.580. The van der Waals surface area contributed by atoms with Crippen LogP contribution >= 0.6 is 15.9 Å². The lowest BCUT2D eigenvalue weighted by Crippen LogP contribution is -2.10. The van der Waals surface area contributed by atoms with Crippen molar-refractivity contribution in [2.75, 3.05) is 0 Å². The van der Waals surface area contributed by atoms with Crippen LogP contribution in [0.1, 0.15) is 44.2 Å². The summed E-state index contributed by atoms with van der Waals surface area (Å²) in [6.07, 6.45) is 4.83. The van der Waals surface area contributed by atoms with Crippen LogP contribution < -0.4 is 5.73 Å². The number of rotatable bonds is 5. The lowest BCUT2D eigenvalue weighted by Gasteiger charge is -2.13. The molecule has 0 radical (unpaired) electrons. The van der Waals surface area contributed by atoms with E-state index in [1.54, 1.807) is 0 Å². The van der Waals surface area contributed by atoms with Crippen molar-refractivity contribution in [2.45, 2.75) is 38.6 Å². The van der Waals surface area contributed by atoms with Crippen LogP contribution in [0.5, 0.6) is 0 Å². The molecule has 0 amide bonds. The predicted octanol–water partition coefficient (Wildman–Crippen LogP) is 4.03. The number of hydrogen-bond donors (Lipinski definition) is 1. The van der Waals surface area contributed by atoms with Gasteiger partial charge in [-0.1, -0.05) is 60.3 Å². The molecule has 1 rings (SSSR count). The molecule has 78 valence electrons. The normalized spacial score (nSPS) is 12.8. The minimum Gasteiger partial charge on any atom is -0.324 e. The van der Waals surface area contributed by atoms with Gasteiger partial charge in [0, 0.05) is 10.5 Å². The van der Waals surface area contributed by atoms with Crippen LogP contribution in [-0.4, -0.2) is 0 Å². The van der Waals surface area contributed by atoms with Crippen molar-refractivity contribution >= 4 is 15.9 Å². The van der Waals surface area contributed by atoms with Gasteiger partial charge in [-0.25, -0.2) is 0 Å². The highest BCUT2D eigenvalue weighted by molar-refractivity contribution is 9.10. The first-order chi connectivity index (χ1) is 6.75. The molecule has 1 unspecified atom stereocenters. The molecule has 1 aromatic carbocycles. The van der Waals surface area contributed by atoms with Crippen LogP contribution in [0.2, 0.25) is 0 Å². The van der Waals surface area contributed by atoms with E-state index in [1.807, 2.05) is 12.1 Å². The van der Waals surface area contributed by atoms with E-state index < -0.39 is 0 Å². The molecular formula is C12H18BrN. The summed E-state index contributed by atoms with van der Waals surface area (Å²) in [6, 6.07) is 8.39. The van der Waals surface area contributed by atoms with Gasteiger partial charge in [-0.15, -0.1) is 0 Å². The van der Waals surface area contributed by atoms with Crippen molar-refractivity contribution in [3.8, 4) is 0 Å². The minimum absolute atomic E-state index is 0.178. The van der Waals surface area contributed by atoms with E-state index >= 15 is 0 Å². The second kappa shape index (κ2) is 6.20. The summed E-state index contributed by atoms with van der Waals surface area (Å²) < 4.78 is 1.13. The van der Waals surface area contributed by atoms with Crippen molar-refractivity contribution in [1.82, 2.24) is 0 Å². The maximum atomic E-state index is 6.11. The molecule has 1 nitrogen and oxygen atoms in total. The standard InChI is InChI=1S/C12H18BrN/c1-2-3-4-9-12(14)10-7-5-6-8-11(10)13/h5-8,12H,2-4,9,14H2,1H3. The molecule has 0 aromatic heterocycles. The van der Waals surface area contributed by atoms with Crippen molar-refractivity contribution in [1.29, 1.82) is 0 Å². The Kier molecular flexibility index (Phi) is 5.20. The Morgan fingerprint density at radius 1 is 1.29 bits per heavy atom. The van der Waals surface area contributed by atoms with Crippen molar-refractivity contribution in [3.63, 3.8) is 0 Å². The van der Waals surface area contributed by atoms with Crippen LogP contribution in [0.15, 0.2) is 28.7 Å². The topological polar surface area (TPSA) is 26.0 Å². The molecule has 2 N–H and O–H groups in total. The van der Waals surface area contributed by atoms with Crippen molar-refractivity contribution < 1.29 is 0 Å². The van der Waals surface area contributed by atoms with Crippen LogP contribution in [0.3, 0.4) is 0 Å². The Bertz CT molecular complexity index is 273. The van der Waals surface area contributed by atoms with Gasteiger partial charge in [-0.05, 0) is 18.1 Å². The molecule has 0 saturated heterocycles. The Balaban J connectivity index is 2.51. The van der Waals surface area contributed by atoms with Gasteiger partial charge in [0.05, 0.1) is 0 Å². The maximum Gasteiger partial charge on any atom is 0.0306 e. The fourth-order valence-corrected chi connectivity index (χ4v) is 2.12. The molecule has 2 heteroatoms. The quantitative estimate of drug-likeness (QED) is 0.791. The molecule has 0 saturated carbocycles. The summed E-state index contributed by atoms with van der Waals surface area (Å²) in [6.45, 7) is 2.21. The molecule has 0 aliphatic rings. The zero-order valence-electron chi connectivity index (χ0n) is 8.67. The summed E-state index contributed by atoms with van der Waals surface area (Å²) in [5.41, 5.74) is 7.33. The summed E-state index contributed by atoms with van der Waals surface area (Å²) in [7, 11) is 0. The molecule has 0 aliphatic carbocycles. The molecule has 0 fully saturated rings. The van der Waals surface area contributed by atoms with E-state index in [4.69, 9.17) is 5.73 Å². The molecule has 14 heavy (non-hydrogen) atoms. The van der Waals surface area contributed by atoms with Gasteiger partial charge in [-0.2, -0.15) is 0 Å². The first-order valence-corrected chi connectivity index (χ1v) is 6.05. The number of hydrogen-bond acceptors (Lipinski definition) is 1. The molecule has 1 aromatic rings. The highest BCUT2D eigenvalue weighted by Gasteiger charge is 2.07. The third-order valence-corrected chi connectivity index (χ3v) is 3.15. The Hall–Kier alpha value is -0.340. The Morgan fingerprint density at radius 2 is 2.00 bits per heavy atom. The summed E-state index contributed by atoms with van der Waals surface area (Å²) >= 11 is 3.53. The third kappa shape index (κ3) is 3.43. The van der Waals surface area contributed by atoms with Crippen molar-refractivity contribution in [3.05, 3.63) is 34.3 Å². The van der Waals surface area contributed by atoms with Crippen molar-refractivity contribution in [2.24, 2.45) is 5.73 Å². The van der Waals surface area contributed by atoms with E-state index in [-0.39, 0.29) is 6.04 Å². The SMILES string of the molecule is CCCCCC(N)c1ccccc1Br. The zero-order valence-corrected chi connectivity index (χ0v) is 10.3. The van der Waals surface area contributed by atoms with Gasteiger partial charge in [0.15, 0.2) is 0 Å². The van der Waals surface area contributed by atoms with E-state index in [1.165, 1.54) is 24.8 Å². The van der Waals surface area contributed by atoms with Crippen LogP contribution in [0.4, 0.5) is 0 Å². The van der Waals surface area contributed by atoms with E-state index in [0.717, 1.165) is 10.9 Å². The molecule has 0 heterocycles. The summed E-state index contributed by atoms with van der Waals surface area (Å²) in [5, 5.41) is 0. The minimum atomic E-state index is 0.178. The number of halogens is 1. The molecule has 0 spiro atoms. The predicted molar refractivity (Wildman–Crippen MR) is 65.2 cm³/mol. The third-order valence-electron chi connectivity index (χ3n) is 2.42. The van der Waals surface area contributed by atoms with Crippen LogP contribution in [0, 0.1) is 0 Å². The second-order valence-corrected chi connectivity index (χ2v) is 4.48. The smallest absolute Gasteiger partial charge is 0.0306 e. The largest absolute Gasteiger partial charge is 0.324 e. The number of unbranched alkanes of at least 4 members (excludes halogenated alkanes) is 2. The van der Waals surface area contributed by atoms with E-state index in [9.17, 15) is 0 Å². The Morgan fingerprint density at radius 3 is 2.64 bits per heavy atom. The number of nitrogens with two attached hydrogens (primary N) is 1. The fraction of sp³-hybridized carbons (Fsp3) is 0.500. The molecule has 0 aliphatic heterocycles. The maximum absolute atomic E-state index is 6.11. The summed E-state index contributed by atoms with van der Waals surface area (Å²) in [4.78, 5) is 0. The van der Waals surface area contributed by atoms with Crippen LogP contribution in [0.25, 0.3) is 0 Å².